The summed E-state index contributed by atoms with van der Waals surface area (Å²) >= 11 is 10.9. The van der Waals surface area contributed by atoms with Gasteiger partial charge in [-0.05, 0) is 40.4 Å². The van der Waals surface area contributed by atoms with Gasteiger partial charge in [0.2, 0.25) is 0 Å². The molecule has 1 heterocycles. The molecule has 11 heavy (non-hydrogen) atoms. The van der Waals surface area contributed by atoms with Crippen LogP contribution in [0.5, 0.6) is 0 Å². The molecule has 0 amide bonds. The van der Waals surface area contributed by atoms with Crippen molar-refractivity contribution in [2.45, 2.75) is 26.2 Å². The Labute approximate surface area is 84.7 Å². The van der Waals surface area contributed by atoms with E-state index in [1.807, 2.05) is 6.07 Å². The standard InChI is InChI=1S/C8H10BrClS/c1-2-3-4-6-5-7(10)11-8(6)9/h5H,2-4H2,1H3. The topological polar surface area (TPSA) is 0 Å². The minimum Gasteiger partial charge on any atom is -0.116 e. The Morgan fingerprint density at radius 2 is 2.36 bits per heavy atom. The summed E-state index contributed by atoms with van der Waals surface area (Å²) in [5, 5.41) is 0. The van der Waals surface area contributed by atoms with Gasteiger partial charge in [-0.15, -0.1) is 11.3 Å². The van der Waals surface area contributed by atoms with Gasteiger partial charge >= 0.3 is 0 Å². The minimum atomic E-state index is 0.878. The summed E-state index contributed by atoms with van der Waals surface area (Å²) in [7, 11) is 0. The van der Waals surface area contributed by atoms with Crippen LogP contribution < -0.4 is 0 Å². The highest BCUT2D eigenvalue weighted by molar-refractivity contribution is 9.11. The molecule has 1 aromatic rings. The second kappa shape index (κ2) is 4.48. The molecule has 0 N–H and O–H groups in total. The van der Waals surface area contributed by atoms with Gasteiger partial charge in [0, 0.05) is 0 Å². The summed E-state index contributed by atoms with van der Waals surface area (Å²) in [5.74, 6) is 0. The Balaban J connectivity index is 2.62. The van der Waals surface area contributed by atoms with Crippen molar-refractivity contribution in [1.29, 1.82) is 0 Å². The Bertz CT molecular complexity index is 232. The third kappa shape index (κ3) is 2.77. The molecule has 62 valence electrons. The van der Waals surface area contributed by atoms with Gasteiger partial charge in [0.05, 0.1) is 8.12 Å². The van der Waals surface area contributed by atoms with Crippen molar-refractivity contribution in [3.05, 3.63) is 19.8 Å². The lowest BCUT2D eigenvalue weighted by Gasteiger charge is -1.94. The van der Waals surface area contributed by atoms with Crippen molar-refractivity contribution >= 4 is 38.9 Å². The zero-order valence-corrected chi connectivity index (χ0v) is 9.52. The van der Waals surface area contributed by atoms with E-state index in [-0.39, 0.29) is 0 Å². The van der Waals surface area contributed by atoms with E-state index in [4.69, 9.17) is 11.6 Å². The van der Waals surface area contributed by atoms with Crippen LogP contribution in [0.2, 0.25) is 4.34 Å². The van der Waals surface area contributed by atoms with E-state index >= 15 is 0 Å². The Morgan fingerprint density at radius 1 is 1.64 bits per heavy atom. The molecule has 0 radical (unpaired) electrons. The van der Waals surface area contributed by atoms with E-state index < -0.39 is 0 Å². The molecule has 0 atom stereocenters. The fourth-order valence-electron chi connectivity index (χ4n) is 0.912. The Hall–Kier alpha value is 0.470. The molecule has 0 nitrogen and oxygen atoms in total. The molecule has 0 bridgehead atoms. The smallest absolute Gasteiger partial charge is 0.0943 e. The number of thiophene rings is 1. The van der Waals surface area contributed by atoms with Crippen molar-refractivity contribution in [3.63, 3.8) is 0 Å². The SMILES string of the molecule is CCCCc1cc(Cl)sc1Br. The summed E-state index contributed by atoms with van der Waals surface area (Å²) in [6.45, 7) is 2.20. The highest BCUT2D eigenvalue weighted by Gasteiger charge is 2.03. The second-order valence-electron chi connectivity index (χ2n) is 2.45. The number of hydrogen-bond donors (Lipinski definition) is 0. The van der Waals surface area contributed by atoms with E-state index in [0.717, 1.165) is 10.8 Å². The van der Waals surface area contributed by atoms with Gasteiger partial charge in [-0.1, -0.05) is 24.9 Å². The molecule has 0 spiro atoms. The molecule has 0 saturated carbocycles. The first-order valence-corrected chi connectivity index (χ1v) is 5.66. The van der Waals surface area contributed by atoms with E-state index in [9.17, 15) is 0 Å². The molecule has 0 aliphatic heterocycles. The number of unbranched alkanes of at least 4 members (excludes halogenated alkanes) is 1. The lowest BCUT2D eigenvalue weighted by molar-refractivity contribution is 0.795. The molecule has 0 fully saturated rings. The van der Waals surface area contributed by atoms with E-state index in [0.29, 0.717) is 0 Å². The maximum Gasteiger partial charge on any atom is 0.0943 e. The van der Waals surface area contributed by atoms with Crippen LogP contribution in [-0.4, -0.2) is 0 Å². The van der Waals surface area contributed by atoms with Crippen molar-refractivity contribution < 1.29 is 0 Å². The zero-order valence-electron chi connectivity index (χ0n) is 6.36. The first-order chi connectivity index (χ1) is 5.24. The quantitative estimate of drug-likeness (QED) is 0.744. The van der Waals surface area contributed by atoms with Gasteiger partial charge in [-0.3, -0.25) is 0 Å². The predicted octanol–water partition coefficient (Wildman–Crippen LogP) is 4.51. The highest BCUT2D eigenvalue weighted by Crippen LogP contribution is 2.32. The third-order valence-electron chi connectivity index (χ3n) is 1.53. The second-order valence-corrected chi connectivity index (χ2v) is 5.45. The van der Waals surface area contributed by atoms with Gasteiger partial charge in [0.15, 0.2) is 0 Å². The molecule has 1 rings (SSSR count). The molecule has 0 saturated heterocycles. The molecule has 0 aliphatic rings. The van der Waals surface area contributed by atoms with Crippen LogP contribution in [0.15, 0.2) is 9.85 Å². The predicted molar refractivity (Wildman–Crippen MR) is 55.6 cm³/mol. The van der Waals surface area contributed by atoms with E-state index in [2.05, 4.69) is 22.9 Å². The molecule has 0 aliphatic carbocycles. The molecule has 1 aromatic heterocycles. The van der Waals surface area contributed by atoms with Crippen molar-refractivity contribution in [2.24, 2.45) is 0 Å². The molecular formula is C8H10BrClS. The average Bonchev–Trinajstić information content (AvgIpc) is 2.26. The summed E-state index contributed by atoms with van der Waals surface area (Å²) < 4.78 is 2.07. The lowest BCUT2D eigenvalue weighted by Crippen LogP contribution is -1.80. The van der Waals surface area contributed by atoms with E-state index in [1.54, 1.807) is 11.3 Å². The summed E-state index contributed by atoms with van der Waals surface area (Å²) in [6.07, 6.45) is 3.62. The maximum absolute atomic E-state index is 5.83. The Kier molecular flexibility index (Phi) is 3.90. The van der Waals surface area contributed by atoms with Crippen LogP contribution in [0.3, 0.4) is 0 Å². The lowest BCUT2D eigenvalue weighted by atomic mass is 10.2. The van der Waals surface area contributed by atoms with Crippen molar-refractivity contribution in [1.82, 2.24) is 0 Å². The minimum absolute atomic E-state index is 0.878. The van der Waals surface area contributed by atoms with Gasteiger partial charge in [-0.2, -0.15) is 0 Å². The van der Waals surface area contributed by atoms with Crippen LogP contribution in [0.4, 0.5) is 0 Å². The van der Waals surface area contributed by atoms with Crippen LogP contribution in [-0.2, 0) is 6.42 Å². The third-order valence-corrected chi connectivity index (χ3v) is 3.62. The van der Waals surface area contributed by atoms with Gasteiger partial charge in [0.25, 0.3) is 0 Å². The first-order valence-electron chi connectivity index (χ1n) is 3.67. The summed E-state index contributed by atoms with van der Waals surface area (Å²) in [6, 6.07) is 2.05. The molecule has 3 heteroatoms. The van der Waals surface area contributed by atoms with Crippen LogP contribution in [0.1, 0.15) is 25.3 Å². The summed E-state index contributed by atoms with van der Waals surface area (Å²) in [4.78, 5) is 0. The molecule has 0 unspecified atom stereocenters. The zero-order chi connectivity index (χ0) is 8.27. The van der Waals surface area contributed by atoms with Crippen LogP contribution in [0, 0.1) is 0 Å². The fourth-order valence-corrected chi connectivity index (χ4v) is 3.06. The average molecular weight is 254 g/mol. The van der Waals surface area contributed by atoms with Gasteiger partial charge < -0.3 is 0 Å². The van der Waals surface area contributed by atoms with Crippen LogP contribution in [0.25, 0.3) is 0 Å². The maximum atomic E-state index is 5.83. The fraction of sp³-hybridized carbons (Fsp3) is 0.500. The first kappa shape index (κ1) is 9.56. The highest BCUT2D eigenvalue weighted by atomic mass is 79.9. The van der Waals surface area contributed by atoms with E-state index in [1.165, 1.54) is 22.2 Å². The largest absolute Gasteiger partial charge is 0.116 e. The van der Waals surface area contributed by atoms with Crippen molar-refractivity contribution in [2.75, 3.05) is 0 Å². The number of hydrogen-bond acceptors (Lipinski definition) is 1. The number of rotatable bonds is 3. The normalized spacial score (nSPS) is 10.5. The number of halogens is 2. The molecule has 0 aromatic carbocycles. The monoisotopic (exact) mass is 252 g/mol. The number of aryl methyl sites for hydroxylation is 1. The summed E-state index contributed by atoms with van der Waals surface area (Å²) in [5.41, 5.74) is 1.35. The molecular weight excluding hydrogens is 244 g/mol. The Morgan fingerprint density at radius 3 is 2.82 bits per heavy atom. The van der Waals surface area contributed by atoms with Gasteiger partial charge in [-0.25, -0.2) is 0 Å². The van der Waals surface area contributed by atoms with Gasteiger partial charge in [0.1, 0.15) is 0 Å². The van der Waals surface area contributed by atoms with Crippen LogP contribution >= 0.6 is 38.9 Å². The van der Waals surface area contributed by atoms with Crippen molar-refractivity contribution in [3.8, 4) is 0 Å².